The molecule has 0 aromatic carbocycles. The number of fused-ring (bicyclic) bond motifs is 1. The molecule has 0 fully saturated rings. The van der Waals surface area contributed by atoms with Crippen molar-refractivity contribution in [2.24, 2.45) is 0 Å². The number of pyridine rings is 1. The standard InChI is InChI=1S/C25H25N3O5S/c1-13-20(15(3)29)14(2)27-22(13)18(30)12-33-25(32)21-17-8-4-5-9-19(17)34-24(21)28-23(31)16-7-6-10-26-11-16/h6-7,10-11,27H,4-5,8-9,12H2,1-3H3,(H,28,31). The maximum Gasteiger partial charge on any atom is 0.341 e. The van der Waals surface area contributed by atoms with Gasteiger partial charge in [0.1, 0.15) is 5.00 Å². The van der Waals surface area contributed by atoms with Crippen LogP contribution < -0.4 is 5.32 Å². The molecule has 0 unspecified atom stereocenters. The van der Waals surface area contributed by atoms with Crippen molar-refractivity contribution in [1.29, 1.82) is 0 Å². The van der Waals surface area contributed by atoms with Gasteiger partial charge in [-0.15, -0.1) is 11.3 Å². The summed E-state index contributed by atoms with van der Waals surface area (Å²) in [4.78, 5) is 58.4. The van der Waals surface area contributed by atoms with E-state index in [0.717, 1.165) is 29.7 Å². The molecule has 0 spiro atoms. The molecule has 1 amide bonds. The summed E-state index contributed by atoms with van der Waals surface area (Å²) < 4.78 is 5.41. The molecule has 9 heteroatoms. The maximum atomic E-state index is 13.1. The number of esters is 1. The summed E-state index contributed by atoms with van der Waals surface area (Å²) in [6.45, 7) is 4.38. The minimum atomic E-state index is -0.651. The molecule has 3 heterocycles. The number of carbonyl (C=O) groups excluding carboxylic acids is 4. The fourth-order valence-corrected chi connectivity index (χ4v) is 5.65. The quantitative estimate of drug-likeness (QED) is 0.381. The number of Topliss-reactive ketones (excluding diaryl/α,β-unsaturated/α-hetero) is 2. The van der Waals surface area contributed by atoms with E-state index in [2.05, 4.69) is 15.3 Å². The van der Waals surface area contributed by atoms with Crippen LogP contribution in [0, 0.1) is 13.8 Å². The van der Waals surface area contributed by atoms with E-state index < -0.39 is 18.4 Å². The van der Waals surface area contributed by atoms with E-state index in [-0.39, 0.29) is 17.4 Å². The van der Waals surface area contributed by atoms with E-state index in [4.69, 9.17) is 4.74 Å². The molecule has 0 saturated carbocycles. The number of H-pyrrole nitrogens is 1. The van der Waals surface area contributed by atoms with Gasteiger partial charge in [0.05, 0.1) is 16.8 Å². The molecule has 3 aromatic heterocycles. The van der Waals surface area contributed by atoms with Crippen LogP contribution in [0.2, 0.25) is 0 Å². The third-order valence-electron chi connectivity index (χ3n) is 5.93. The monoisotopic (exact) mass is 479 g/mol. The molecule has 0 bridgehead atoms. The highest BCUT2D eigenvalue weighted by molar-refractivity contribution is 7.17. The van der Waals surface area contributed by atoms with E-state index in [1.807, 2.05) is 0 Å². The van der Waals surface area contributed by atoms with Crippen molar-refractivity contribution in [2.45, 2.75) is 46.5 Å². The number of aryl methyl sites for hydroxylation is 2. The van der Waals surface area contributed by atoms with Crippen LogP contribution in [0.25, 0.3) is 0 Å². The third kappa shape index (κ3) is 4.56. The zero-order chi connectivity index (χ0) is 24.4. The van der Waals surface area contributed by atoms with Gasteiger partial charge in [0.2, 0.25) is 5.78 Å². The Morgan fingerprint density at radius 3 is 2.59 bits per heavy atom. The van der Waals surface area contributed by atoms with Gasteiger partial charge in [0, 0.05) is 28.5 Å². The first-order valence-corrected chi connectivity index (χ1v) is 11.9. The van der Waals surface area contributed by atoms with Crippen molar-refractivity contribution < 1.29 is 23.9 Å². The Morgan fingerprint density at radius 2 is 1.91 bits per heavy atom. The molecule has 0 atom stereocenters. The topological polar surface area (TPSA) is 118 Å². The van der Waals surface area contributed by atoms with Gasteiger partial charge < -0.3 is 15.0 Å². The highest BCUT2D eigenvalue weighted by Gasteiger charge is 2.29. The van der Waals surface area contributed by atoms with Crippen LogP contribution in [-0.4, -0.2) is 40.0 Å². The summed E-state index contributed by atoms with van der Waals surface area (Å²) in [6, 6.07) is 3.31. The number of aromatic nitrogens is 2. The summed E-state index contributed by atoms with van der Waals surface area (Å²) >= 11 is 1.37. The summed E-state index contributed by atoms with van der Waals surface area (Å²) in [5, 5.41) is 3.25. The van der Waals surface area contributed by atoms with Gasteiger partial charge in [-0.25, -0.2) is 4.79 Å². The van der Waals surface area contributed by atoms with Crippen molar-refractivity contribution in [2.75, 3.05) is 11.9 Å². The van der Waals surface area contributed by atoms with Crippen molar-refractivity contribution >= 4 is 39.8 Å². The van der Waals surface area contributed by atoms with E-state index in [1.165, 1.54) is 24.5 Å². The molecule has 0 saturated heterocycles. The Balaban J connectivity index is 1.55. The number of nitrogens with one attached hydrogen (secondary N) is 2. The van der Waals surface area contributed by atoms with Gasteiger partial charge in [-0.1, -0.05) is 0 Å². The highest BCUT2D eigenvalue weighted by Crippen LogP contribution is 2.38. The first kappa shape index (κ1) is 23.6. The lowest BCUT2D eigenvalue weighted by molar-refractivity contribution is 0.0473. The highest BCUT2D eigenvalue weighted by atomic mass is 32.1. The van der Waals surface area contributed by atoms with Crippen LogP contribution in [0.4, 0.5) is 5.00 Å². The maximum absolute atomic E-state index is 13.1. The summed E-state index contributed by atoms with van der Waals surface area (Å²) in [7, 11) is 0. The Kier molecular flexibility index (Phi) is 6.74. The number of thiophene rings is 1. The van der Waals surface area contributed by atoms with Crippen molar-refractivity contribution in [3.05, 3.63) is 68.6 Å². The van der Waals surface area contributed by atoms with Crippen LogP contribution >= 0.6 is 11.3 Å². The van der Waals surface area contributed by atoms with Gasteiger partial charge in [0.15, 0.2) is 12.4 Å². The average molecular weight is 480 g/mol. The Morgan fingerprint density at radius 1 is 1.15 bits per heavy atom. The number of hydrogen-bond donors (Lipinski definition) is 2. The molecule has 3 aromatic rings. The van der Waals surface area contributed by atoms with Crippen LogP contribution in [0.5, 0.6) is 0 Å². The van der Waals surface area contributed by atoms with Crippen molar-refractivity contribution in [3.8, 4) is 0 Å². The number of ketones is 2. The first-order chi connectivity index (χ1) is 16.3. The third-order valence-corrected chi connectivity index (χ3v) is 7.14. The molecule has 34 heavy (non-hydrogen) atoms. The molecular formula is C25H25N3O5S. The minimum Gasteiger partial charge on any atom is -0.454 e. The zero-order valence-electron chi connectivity index (χ0n) is 19.2. The predicted molar refractivity (Wildman–Crippen MR) is 128 cm³/mol. The number of nitrogens with zero attached hydrogens (tertiary/aromatic N) is 1. The van der Waals surface area contributed by atoms with Gasteiger partial charge in [-0.2, -0.15) is 0 Å². The van der Waals surface area contributed by atoms with E-state index >= 15 is 0 Å². The largest absolute Gasteiger partial charge is 0.454 e. The number of aromatic amines is 1. The van der Waals surface area contributed by atoms with Gasteiger partial charge in [0.25, 0.3) is 5.91 Å². The molecular weight excluding hydrogens is 454 g/mol. The smallest absolute Gasteiger partial charge is 0.341 e. The number of amides is 1. The predicted octanol–water partition coefficient (Wildman–Crippen LogP) is 4.46. The number of anilines is 1. The fraction of sp³-hybridized carbons (Fsp3) is 0.320. The van der Waals surface area contributed by atoms with Crippen LogP contribution in [0.1, 0.15) is 83.0 Å². The van der Waals surface area contributed by atoms with E-state index in [1.54, 1.807) is 32.2 Å². The normalized spacial score (nSPS) is 12.7. The van der Waals surface area contributed by atoms with Crippen LogP contribution in [0.3, 0.4) is 0 Å². The lowest BCUT2D eigenvalue weighted by Gasteiger charge is -2.12. The molecule has 2 N–H and O–H groups in total. The van der Waals surface area contributed by atoms with Crippen LogP contribution in [-0.2, 0) is 17.6 Å². The minimum absolute atomic E-state index is 0.138. The fourth-order valence-electron chi connectivity index (χ4n) is 4.37. The van der Waals surface area contributed by atoms with Crippen molar-refractivity contribution in [3.63, 3.8) is 0 Å². The molecule has 0 radical (unpaired) electrons. The zero-order valence-corrected chi connectivity index (χ0v) is 20.1. The first-order valence-electron chi connectivity index (χ1n) is 11.0. The molecule has 0 aliphatic heterocycles. The number of rotatable bonds is 7. The molecule has 176 valence electrons. The van der Waals surface area contributed by atoms with Crippen molar-refractivity contribution in [1.82, 2.24) is 9.97 Å². The summed E-state index contributed by atoms with van der Waals surface area (Å²) in [5.41, 5.74) is 3.45. The van der Waals surface area contributed by atoms with Gasteiger partial charge in [-0.05, 0) is 69.7 Å². The second-order valence-electron chi connectivity index (χ2n) is 8.29. The lowest BCUT2D eigenvalue weighted by Crippen LogP contribution is -2.19. The number of ether oxygens (including phenoxy) is 1. The van der Waals surface area contributed by atoms with E-state index in [0.29, 0.717) is 39.4 Å². The van der Waals surface area contributed by atoms with Crippen LogP contribution in [0.15, 0.2) is 24.5 Å². The Bertz CT molecular complexity index is 1290. The number of carbonyl (C=O) groups is 4. The Labute approximate surface area is 200 Å². The second-order valence-corrected chi connectivity index (χ2v) is 9.40. The molecule has 1 aliphatic carbocycles. The molecule has 1 aliphatic rings. The second kappa shape index (κ2) is 9.72. The molecule has 8 nitrogen and oxygen atoms in total. The van der Waals surface area contributed by atoms with Gasteiger partial charge >= 0.3 is 5.97 Å². The Hall–Kier alpha value is -3.59. The lowest BCUT2D eigenvalue weighted by atomic mass is 9.95. The van der Waals surface area contributed by atoms with E-state index in [9.17, 15) is 19.2 Å². The number of hydrogen-bond acceptors (Lipinski definition) is 7. The SMILES string of the molecule is CC(=O)c1c(C)[nH]c(C(=O)COC(=O)c2c(NC(=O)c3cccnc3)sc3c2CCCC3)c1C. The summed E-state index contributed by atoms with van der Waals surface area (Å²) in [6.07, 6.45) is 6.53. The summed E-state index contributed by atoms with van der Waals surface area (Å²) in [5.74, 6) is -1.58. The van der Waals surface area contributed by atoms with Gasteiger partial charge in [-0.3, -0.25) is 19.4 Å². The molecule has 4 rings (SSSR count). The average Bonchev–Trinajstić information content (AvgIpc) is 3.33.